The van der Waals surface area contributed by atoms with Crippen molar-refractivity contribution in [2.24, 2.45) is 5.92 Å². The lowest BCUT2D eigenvalue weighted by Gasteiger charge is -2.20. The van der Waals surface area contributed by atoms with E-state index in [0.29, 0.717) is 39.3 Å². The van der Waals surface area contributed by atoms with Crippen LogP contribution in [0.15, 0.2) is 24.3 Å². The molecule has 0 heterocycles. The first-order chi connectivity index (χ1) is 28.0. The predicted octanol–water partition coefficient (Wildman–Crippen LogP) is 13.1. The highest BCUT2D eigenvalue weighted by Gasteiger charge is 2.18. The SMILES string of the molecule is CCCCC/C=C\C/C=C\CCCCCCCC(=O)OCC(COCCCN(CC)CC)COC(=O)CCC(OCCCCCCCC)OCCCCCCCC. The fourth-order valence-electron chi connectivity index (χ4n) is 6.62. The number of allylic oxidation sites excluding steroid dienone is 4. The second-order valence-electron chi connectivity index (χ2n) is 15.9. The summed E-state index contributed by atoms with van der Waals surface area (Å²) in [5.74, 6) is -0.680. The van der Waals surface area contributed by atoms with Crippen molar-refractivity contribution in [3.63, 3.8) is 0 Å². The molecule has 0 aromatic heterocycles. The van der Waals surface area contributed by atoms with Gasteiger partial charge in [0, 0.05) is 39.2 Å². The maximum Gasteiger partial charge on any atom is 0.305 e. The molecular weight excluding hydrogens is 715 g/mol. The first-order valence-electron chi connectivity index (χ1n) is 24.1. The Labute approximate surface area is 353 Å². The number of hydrogen-bond acceptors (Lipinski definition) is 8. The highest BCUT2D eigenvalue weighted by molar-refractivity contribution is 5.69. The molecule has 0 fully saturated rings. The number of carbonyl (C=O) groups is 2. The van der Waals surface area contributed by atoms with Gasteiger partial charge in [-0.25, -0.2) is 0 Å². The first-order valence-corrected chi connectivity index (χ1v) is 24.1. The molecule has 1 unspecified atom stereocenters. The molecule has 0 aliphatic rings. The van der Waals surface area contributed by atoms with Gasteiger partial charge in [-0.3, -0.25) is 9.59 Å². The summed E-state index contributed by atoms with van der Waals surface area (Å²) in [4.78, 5) is 28.0. The maximum atomic E-state index is 12.9. The predicted molar refractivity (Wildman–Crippen MR) is 240 cm³/mol. The molecule has 8 nitrogen and oxygen atoms in total. The Morgan fingerprint density at radius 3 is 1.53 bits per heavy atom. The van der Waals surface area contributed by atoms with Gasteiger partial charge in [0.15, 0.2) is 6.29 Å². The van der Waals surface area contributed by atoms with Gasteiger partial charge in [-0.05, 0) is 70.9 Å². The van der Waals surface area contributed by atoms with Gasteiger partial charge < -0.3 is 28.6 Å². The normalized spacial score (nSPS) is 12.5. The lowest BCUT2D eigenvalue weighted by atomic mass is 10.1. The van der Waals surface area contributed by atoms with Crippen LogP contribution in [0.1, 0.15) is 208 Å². The third-order valence-corrected chi connectivity index (χ3v) is 10.5. The molecule has 8 heteroatoms. The molecule has 0 rings (SSSR count). The number of carbonyl (C=O) groups excluding carboxylic acids is 2. The van der Waals surface area contributed by atoms with Crippen LogP contribution in [0.5, 0.6) is 0 Å². The van der Waals surface area contributed by atoms with Crippen LogP contribution < -0.4 is 0 Å². The van der Waals surface area contributed by atoms with Crippen molar-refractivity contribution >= 4 is 11.9 Å². The Kier molecular flexibility index (Phi) is 44.0. The molecule has 0 aliphatic carbocycles. The van der Waals surface area contributed by atoms with Crippen LogP contribution >= 0.6 is 0 Å². The van der Waals surface area contributed by atoms with E-state index in [2.05, 4.69) is 63.8 Å². The van der Waals surface area contributed by atoms with E-state index in [1.807, 2.05) is 0 Å². The molecule has 0 aromatic carbocycles. The summed E-state index contributed by atoms with van der Waals surface area (Å²) in [6.45, 7) is 16.7. The topological polar surface area (TPSA) is 83.5 Å². The molecule has 0 bridgehead atoms. The number of hydrogen-bond donors (Lipinski definition) is 0. The van der Waals surface area contributed by atoms with Gasteiger partial charge in [0.1, 0.15) is 0 Å². The van der Waals surface area contributed by atoms with Gasteiger partial charge >= 0.3 is 11.9 Å². The van der Waals surface area contributed by atoms with E-state index >= 15 is 0 Å². The molecule has 0 radical (unpaired) electrons. The third kappa shape index (κ3) is 40.8. The summed E-state index contributed by atoms with van der Waals surface area (Å²) in [5, 5.41) is 0. The van der Waals surface area contributed by atoms with Crippen molar-refractivity contribution in [3.8, 4) is 0 Å². The number of esters is 2. The highest BCUT2D eigenvalue weighted by atomic mass is 16.7. The quantitative estimate of drug-likeness (QED) is 0.0260. The highest BCUT2D eigenvalue weighted by Crippen LogP contribution is 2.14. The molecule has 0 aromatic rings. The van der Waals surface area contributed by atoms with Crippen LogP contribution in [0.3, 0.4) is 0 Å². The van der Waals surface area contributed by atoms with Gasteiger partial charge in [0.2, 0.25) is 0 Å². The van der Waals surface area contributed by atoms with Crippen molar-refractivity contribution in [1.82, 2.24) is 4.90 Å². The fourth-order valence-corrected chi connectivity index (χ4v) is 6.62. The second kappa shape index (κ2) is 45.3. The first kappa shape index (κ1) is 55.3. The van der Waals surface area contributed by atoms with Crippen molar-refractivity contribution in [2.75, 3.05) is 59.3 Å². The number of ether oxygens (including phenoxy) is 5. The second-order valence-corrected chi connectivity index (χ2v) is 15.9. The van der Waals surface area contributed by atoms with Crippen LogP contribution in [-0.4, -0.2) is 82.4 Å². The Morgan fingerprint density at radius 2 is 0.965 bits per heavy atom. The molecule has 336 valence electrons. The van der Waals surface area contributed by atoms with Crippen molar-refractivity contribution < 1.29 is 33.3 Å². The number of rotatable bonds is 45. The van der Waals surface area contributed by atoms with Crippen LogP contribution in [0, 0.1) is 5.92 Å². The molecule has 1 atom stereocenters. The zero-order chi connectivity index (χ0) is 41.7. The summed E-state index contributed by atoms with van der Waals surface area (Å²) in [6.07, 6.45) is 37.8. The van der Waals surface area contributed by atoms with Gasteiger partial charge in [-0.15, -0.1) is 0 Å². The summed E-state index contributed by atoms with van der Waals surface area (Å²) < 4.78 is 29.7. The maximum absolute atomic E-state index is 12.9. The van der Waals surface area contributed by atoms with Crippen LogP contribution in [-0.2, 0) is 33.3 Å². The standard InChI is InChI=1S/C49H93NO7/c1-6-11-14-17-20-21-22-23-24-25-26-27-28-29-32-36-47(51)56-44-46(43-53-40-35-39-50(9-4)10-5)45-57-48(52)37-38-49(54-41-33-30-18-15-12-7-2)55-42-34-31-19-16-13-8-3/h20-21,23-24,46,49H,6-19,22,25-45H2,1-5H3/b21-20-,24-23-. The van der Waals surface area contributed by atoms with E-state index in [1.165, 1.54) is 89.9 Å². The largest absolute Gasteiger partial charge is 0.465 e. The Balaban J connectivity index is 4.68. The zero-order valence-corrected chi connectivity index (χ0v) is 38.2. The summed E-state index contributed by atoms with van der Waals surface area (Å²) in [5.41, 5.74) is 0. The van der Waals surface area contributed by atoms with E-state index in [4.69, 9.17) is 23.7 Å². The minimum absolute atomic E-state index is 0.160. The Morgan fingerprint density at radius 1 is 0.491 bits per heavy atom. The molecular formula is C49H93NO7. The van der Waals surface area contributed by atoms with E-state index in [9.17, 15) is 9.59 Å². The lowest BCUT2D eigenvalue weighted by Crippen LogP contribution is -2.27. The van der Waals surface area contributed by atoms with Gasteiger partial charge in [0.05, 0.1) is 32.2 Å². The fraction of sp³-hybridized carbons (Fsp3) is 0.878. The van der Waals surface area contributed by atoms with E-state index in [0.717, 1.165) is 83.8 Å². The molecule has 0 N–H and O–H groups in total. The average Bonchev–Trinajstić information content (AvgIpc) is 3.22. The smallest absolute Gasteiger partial charge is 0.305 e. The van der Waals surface area contributed by atoms with E-state index in [-0.39, 0.29) is 37.5 Å². The third-order valence-electron chi connectivity index (χ3n) is 10.5. The molecule has 0 aliphatic heterocycles. The molecule has 0 amide bonds. The Hall–Kier alpha value is -1.74. The van der Waals surface area contributed by atoms with Gasteiger partial charge in [-0.1, -0.05) is 155 Å². The van der Waals surface area contributed by atoms with E-state index < -0.39 is 6.29 Å². The summed E-state index contributed by atoms with van der Waals surface area (Å²) >= 11 is 0. The van der Waals surface area contributed by atoms with E-state index in [1.54, 1.807) is 0 Å². The van der Waals surface area contributed by atoms with Crippen LogP contribution in [0.25, 0.3) is 0 Å². The van der Waals surface area contributed by atoms with Gasteiger partial charge in [-0.2, -0.15) is 0 Å². The Bertz CT molecular complexity index is 888. The molecule has 0 saturated carbocycles. The zero-order valence-electron chi connectivity index (χ0n) is 38.2. The number of nitrogens with zero attached hydrogens (tertiary/aromatic N) is 1. The minimum atomic E-state index is -0.399. The molecule has 0 spiro atoms. The van der Waals surface area contributed by atoms with Crippen molar-refractivity contribution in [3.05, 3.63) is 24.3 Å². The van der Waals surface area contributed by atoms with Crippen molar-refractivity contribution in [1.29, 1.82) is 0 Å². The average molecular weight is 808 g/mol. The summed E-state index contributed by atoms with van der Waals surface area (Å²) in [6, 6.07) is 0. The van der Waals surface area contributed by atoms with Crippen LogP contribution in [0.4, 0.5) is 0 Å². The van der Waals surface area contributed by atoms with Gasteiger partial charge in [0.25, 0.3) is 0 Å². The molecule has 57 heavy (non-hydrogen) atoms. The lowest BCUT2D eigenvalue weighted by molar-refractivity contribution is -0.161. The minimum Gasteiger partial charge on any atom is -0.465 e. The number of unbranched alkanes of at least 4 members (excludes halogenated alkanes) is 18. The summed E-state index contributed by atoms with van der Waals surface area (Å²) in [7, 11) is 0. The van der Waals surface area contributed by atoms with Crippen LogP contribution in [0.2, 0.25) is 0 Å². The monoisotopic (exact) mass is 808 g/mol. The molecule has 0 saturated heterocycles. The van der Waals surface area contributed by atoms with Crippen molar-refractivity contribution in [2.45, 2.75) is 214 Å².